The zero-order valence-electron chi connectivity index (χ0n) is 19.3. The van der Waals surface area contributed by atoms with Crippen molar-refractivity contribution in [1.82, 2.24) is 10.2 Å². The van der Waals surface area contributed by atoms with Gasteiger partial charge in [0.2, 0.25) is 17.7 Å². The molecule has 2 saturated heterocycles. The van der Waals surface area contributed by atoms with Crippen LogP contribution in [0.4, 0.5) is 5.69 Å². The predicted molar refractivity (Wildman–Crippen MR) is 126 cm³/mol. The minimum absolute atomic E-state index is 0.00888. The number of hydrogen-bond acceptors (Lipinski definition) is 4. The van der Waals surface area contributed by atoms with Crippen molar-refractivity contribution in [3.8, 4) is 5.75 Å². The third-order valence-electron chi connectivity index (χ3n) is 6.64. The number of anilines is 1. The molecule has 1 atom stereocenters. The summed E-state index contributed by atoms with van der Waals surface area (Å²) in [5, 5.41) is 3.00. The number of aryl methyl sites for hydroxylation is 1. The molecule has 0 aromatic heterocycles. The molecule has 2 aromatic carbocycles. The summed E-state index contributed by atoms with van der Waals surface area (Å²) in [4.78, 5) is 41.8. The summed E-state index contributed by atoms with van der Waals surface area (Å²) in [5.41, 5.74) is 2.91. The molecule has 0 radical (unpaired) electrons. The van der Waals surface area contributed by atoms with Crippen molar-refractivity contribution >= 4 is 23.4 Å². The van der Waals surface area contributed by atoms with Gasteiger partial charge in [-0.1, -0.05) is 35.9 Å². The average molecular weight is 450 g/mol. The number of carbonyl (C=O) groups is 3. The van der Waals surface area contributed by atoms with Crippen LogP contribution >= 0.6 is 0 Å². The third-order valence-corrected chi connectivity index (χ3v) is 6.64. The first kappa shape index (κ1) is 22.8. The van der Waals surface area contributed by atoms with Crippen molar-refractivity contribution in [1.29, 1.82) is 0 Å². The number of nitrogens with zero attached hydrogens (tertiary/aromatic N) is 2. The molecule has 0 unspecified atom stereocenters. The van der Waals surface area contributed by atoms with Gasteiger partial charge >= 0.3 is 0 Å². The Morgan fingerprint density at radius 3 is 2.42 bits per heavy atom. The number of para-hydroxylation sites is 1. The maximum Gasteiger partial charge on any atom is 0.228 e. The van der Waals surface area contributed by atoms with E-state index < -0.39 is 0 Å². The number of rotatable bonds is 6. The number of likely N-dealkylation sites (tertiary alicyclic amines) is 1. The lowest BCUT2D eigenvalue weighted by molar-refractivity contribution is -0.139. The van der Waals surface area contributed by atoms with Crippen LogP contribution in [-0.4, -0.2) is 49.4 Å². The summed E-state index contributed by atoms with van der Waals surface area (Å²) in [7, 11) is 1.62. The molecular formula is C26H31N3O4. The Kier molecular flexibility index (Phi) is 6.96. The van der Waals surface area contributed by atoms with E-state index >= 15 is 0 Å². The molecule has 1 N–H and O–H groups in total. The van der Waals surface area contributed by atoms with Crippen molar-refractivity contribution in [2.75, 3.05) is 31.6 Å². The molecule has 33 heavy (non-hydrogen) atoms. The van der Waals surface area contributed by atoms with Crippen LogP contribution in [0.5, 0.6) is 5.75 Å². The number of benzene rings is 2. The fraction of sp³-hybridized carbons (Fsp3) is 0.423. The van der Waals surface area contributed by atoms with Crippen LogP contribution in [0, 0.1) is 18.8 Å². The molecule has 2 aromatic rings. The summed E-state index contributed by atoms with van der Waals surface area (Å²) >= 11 is 0. The highest BCUT2D eigenvalue weighted by Crippen LogP contribution is 2.28. The monoisotopic (exact) mass is 449 g/mol. The van der Waals surface area contributed by atoms with Crippen molar-refractivity contribution < 1.29 is 19.1 Å². The summed E-state index contributed by atoms with van der Waals surface area (Å²) in [5.74, 6) is 0.333. The first-order valence-electron chi connectivity index (χ1n) is 11.5. The molecule has 2 fully saturated rings. The topological polar surface area (TPSA) is 79.0 Å². The predicted octanol–water partition coefficient (Wildman–Crippen LogP) is 2.91. The highest BCUT2D eigenvalue weighted by molar-refractivity contribution is 6.00. The molecule has 0 saturated carbocycles. The van der Waals surface area contributed by atoms with E-state index in [9.17, 15) is 14.4 Å². The van der Waals surface area contributed by atoms with Crippen molar-refractivity contribution in [2.24, 2.45) is 11.8 Å². The van der Waals surface area contributed by atoms with Gasteiger partial charge in [0.1, 0.15) is 5.75 Å². The van der Waals surface area contributed by atoms with Crippen molar-refractivity contribution in [3.63, 3.8) is 0 Å². The maximum atomic E-state index is 13.1. The fourth-order valence-corrected chi connectivity index (χ4v) is 4.64. The summed E-state index contributed by atoms with van der Waals surface area (Å²) in [6.07, 6.45) is 1.50. The van der Waals surface area contributed by atoms with Gasteiger partial charge in [0, 0.05) is 49.8 Å². The second-order valence-electron chi connectivity index (χ2n) is 8.87. The van der Waals surface area contributed by atoms with Crippen LogP contribution in [0.3, 0.4) is 0 Å². The van der Waals surface area contributed by atoms with Gasteiger partial charge in [-0.3, -0.25) is 14.4 Å². The number of nitrogens with one attached hydrogen (secondary N) is 1. The number of hydrogen-bond donors (Lipinski definition) is 1. The summed E-state index contributed by atoms with van der Waals surface area (Å²) in [6, 6.07) is 15.4. The van der Waals surface area contributed by atoms with E-state index in [2.05, 4.69) is 5.32 Å². The Morgan fingerprint density at radius 1 is 1.03 bits per heavy atom. The lowest BCUT2D eigenvalue weighted by Gasteiger charge is -2.33. The van der Waals surface area contributed by atoms with Crippen LogP contribution in [0.2, 0.25) is 0 Å². The zero-order chi connectivity index (χ0) is 23.4. The number of piperidine rings is 1. The first-order chi connectivity index (χ1) is 16.0. The molecule has 2 heterocycles. The van der Waals surface area contributed by atoms with E-state index in [4.69, 9.17) is 4.74 Å². The van der Waals surface area contributed by atoms with Gasteiger partial charge in [-0.15, -0.1) is 0 Å². The molecular weight excluding hydrogens is 418 g/mol. The van der Waals surface area contributed by atoms with E-state index in [1.807, 2.05) is 60.4 Å². The normalized spacial score (nSPS) is 19.0. The molecule has 0 bridgehead atoms. The largest absolute Gasteiger partial charge is 0.496 e. The van der Waals surface area contributed by atoms with Crippen LogP contribution in [0.25, 0.3) is 0 Å². The minimum Gasteiger partial charge on any atom is -0.496 e. The molecule has 0 spiro atoms. The van der Waals surface area contributed by atoms with Gasteiger partial charge in [0.05, 0.1) is 13.0 Å². The third kappa shape index (κ3) is 5.18. The quantitative estimate of drug-likeness (QED) is 0.736. The van der Waals surface area contributed by atoms with Crippen molar-refractivity contribution in [3.05, 3.63) is 59.7 Å². The maximum absolute atomic E-state index is 13.1. The van der Waals surface area contributed by atoms with E-state index in [1.54, 1.807) is 12.0 Å². The van der Waals surface area contributed by atoms with Crippen LogP contribution in [0.15, 0.2) is 48.5 Å². The molecule has 174 valence electrons. The Balaban J connectivity index is 1.27. The number of methoxy groups -OCH3 is 1. The molecule has 3 amide bonds. The molecule has 0 aliphatic carbocycles. The number of ether oxygens (including phenoxy) is 1. The zero-order valence-corrected chi connectivity index (χ0v) is 19.3. The van der Waals surface area contributed by atoms with Gasteiger partial charge in [-0.25, -0.2) is 0 Å². The van der Waals surface area contributed by atoms with E-state index in [0.29, 0.717) is 39.0 Å². The Morgan fingerprint density at radius 2 is 1.73 bits per heavy atom. The average Bonchev–Trinajstić information content (AvgIpc) is 3.24. The lowest BCUT2D eigenvalue weighted by atomic mass is 9.94. The van der Waals surface area contributed by atoms with Gasteiger partial charge in [0.25, 0.3) is 0 Å². The van der Waals surface area contributed by atoms with Gasteiger partial charge in [-0.05, 0) is 38.0 Å². The van der Waals surface area contributed by atoms with E-state index in [0.717, 1.165) is 22.6 Å². The van der Waals surface area contributed by atoms with Crippen LogP contribution < -0.4 is 15.0 Å². The van der Waals surface area contributed by atoms with Gasteiger partial charge in [-0.2, -0.15) is 0 Å². The second-order valence-corrected chi connectivity index (χ2v) is 8.87. The van der Waals surface area contributed by atoms with Gasteiger partial charge < -0.3 is 19.9 Å². The van der Waals surface area contributed by atoms with E-state index in [-0.39, 0.29) is 36.0 Å². The van der Waals surface area contributed by atoms with Crippen molar-refractivity contribution in [2.45, 2.75) is 32.7 Å². The summed E-state index contributed by atoms with van der Waals surface area (Å²) in [6.45, 7) is 3.92. The number of amides is 3. The second kappa shape index (κ2) is 10.1. The Labute approximate surface area is 194 Å². The Hall–Kier alpha value is -3.35. The SMILES string of the molecule is COc1ccccc1CNC(=O)C1CCN(C(=O)[C@@H]2CC(=O)N(c3ccc(C)cc3)C2)CC1. The Bertz CT molecular complexity index is 1010. The standard InChI is InChI=1S/C26H31N3O4/c1-18-7-9-22(10-8-18)29-17-21(15-24(29)30)26(32)28-13-11-19(12-14-28)25(31)27-16-20-5-3-4-6-23(20)33-2/h3-10,19,21H,11-17H2,1-2H3,(H,27,31)/t21-/m1/s1. The molecule has 2 aliphatic rings. The highest BCUT2D eigenvalue weighted by atomic mass is 16.5. The smallest absolute Gasteiger partial charge is 0.228 e. The minimum atomic E-state index is -0.324. The molecule has 2 aliphatic heterocycles. The lowest BCUT2D eigenvalue weighted by Crippen LogP contribution is -2.45. The van der Waals surface area contributed by atoms with Crippen LogP contribution in [0.1, 0.15) is 30.4 Å². The molecule has 7 heteroatoms. The highest BCUT2D eigenvalue weighted by Gasteiger charge is 2.38. The number of carbonyl (C=O) groups excluding carboxylic acids is 3. The first-order valence-corrected chi connectivity index (χ1v) is 11.5. The van der Waals surface area contributed by atoms with E-state index in [1.165, 1.54) is 0 Å². The van der Waals surface area contributed by atoms with Crippen LogP contribution in [-0.2, 0) is 20.9 Å². The van der Waals surface area contributed by atoms with Gasteiger partial charge in [0.15, 0.2) is 0 Å². The fourth-order valence-electron chi connectivity index (χ4n) is 4.64. The molecule has 7 nitrogen and oxygen atoms in total. The summed E-state index contributed by atoms with van der Waals surface area (Å²) < 4.78 is 5.34. The molecule has 4 rings (SSSR count).